The Balaban J connectivity index is 2.41. The molecule has 2 aromatic carbocycles. The molecule has 0 saturated heterocycles. The minimum atomic E-state index is -1.10. The SMILES string of the molecule is N#Cc1ccc(C=Cc2ccccc2C=O)c([NH+]([O-])O)c1. The highest BCUT2D eigenvalue weighted by atomic mass is 16.8. The lowest BCUT2D eigenvalue weighted by molar-refractivity contribution is -0.991. The zero-order valence-corrected chi connectivity index (χ0v) is 11.0. The predicted octanol–water partition coefficient (Wildman–Crippen LogP) is 1.94. The van der Waals surface area contributed by atoms with E-state index < -0.39 is 5.23 Å². The molecule has 0 aliphatic heterocycles. The normalized spacial score (nSPS) is 12.0. The molecule has 2 aromatic rings. The van der Waals surface area contributed by atoms with Crippen molar-refractivity contribution >= 4 is 24.1 Å². The molecule has 0 radical (unpaired) electrons. The highest BCUT2D eigenvalue weighted by molar-refractivity contribution is 5.85. The predicted molar refractivity (Wildman–Crippen MR) is 77.7 cm³/mol. The van der Waals surface area contributed by atoms with Crippen molar-refractivity contribution in [2.24, 2.45) is 0 Å². The summed E-state index contributed by atoms with van der Waals surface area (Å²) in [5.41, 5.74) is 2.04. The second-order valence-corrected chi connectivity index (χ2v) is 4.30. The molecule has 1 unspecified atom stereocenters. The maximum absolute atomic E-state index is 11.2. The number of hydrogen-bond acceptors (Lipinski definition) is 4. The monoisotopic (exact) mass is 280 g/mol. The van der Waals surface area contributed by atoms with Crippen LogP contribution in [0.2, 0.25) is 0 Å². The van der Waals surface area contributed by atoms with Crippen molar-refractivity contribution in [2.75, 3.05) is 0 Å². The molecule has 2 N–H and O–H groups in total. The van der Waals surface area contributed by atoms with Gasteiger partial charge in [0.25, 0.3) is 0 Å². The maximum atomic E-state index is 11.2. The number of quaternary nitrogens is 1. The number of nitriles is 1. The van der Waals surface area contributed by atoms with Gasteiger partial charge in [-0.25, -0.2) is 5.21 Å². The van der Waals surface area contributed by atoms with Gasteiger partial charge in [0.1, 0.15) is 0 Å². The van der Waals surface area contributed by atoms with Gasteiger partial charge in [-0.1, -0.05) is 30.3 Å². The molecule has 0 aliphatic rings. The van der Waals surface area contributed by atoms with Crippen molar-refractivity contribution in [1.82, 2.24) is 0 Å². The Morgan fingerprint density at radius 1 is 1.10 bits per heavy atom. The average molecular weight is 280 g/mol. The average Bonchev–Trinajstić information content (AvgIpc) is 2.52. The first-order valence-electron chi connectivity index (χ1n) is 6.15. The van der Waals surface area contributed by atoms with Crippen molar-refractivity contribution in [3.8, 4) is 6.07 Å². The third-order valence-corrected chi connectivity index (χ3v) is 2.98. The second kappa shape index (κ2) is 6.59. The molecule has 0 spiro atoms. The summed E-state index contributed by atoms with van der Waals surface area (Å²) in [6, 6.07) is 13.4. The first kappa shape index (κ1) is 14.6. The molecule has 5 heteroatoms. The molecule has 21 heavy (non-hydrogen) atoms. The smallest absolute Gasteiger partial charge is 0.172 e. The standard InChI is InChI=1S/C16H12N2O3/c17-10-12-5-6-14(16(9-12)18(20)21)8-7-13-3-1-2-4-15(13)11-19/h1-9,11,18,20H. The van der Waals surface area contributed by atoms with Crippen LogP contribution in [0.4, 0.5) is 5.69 Å². The molecule has 2 rings (SSSR count). The van der Waals surface area contributed by atoms with Gasteiger partial charge in [-0.3, -0.25) is 4.79 Å². The van der Waals surface area contributed by atoms with Gasteiger partial charge in [0, 0.05) is 17.2 Å². The fourth-order valence-electron chi connectivity index (χ4n) is 1.91. The van der Waals surface area contributed by atoms with Crippen LogP contribution in [0.1, 0.15) is 27.0 Å². The number of carbonyl (C=O) groups is 1. The summed E-state index contributed by atoms with van der Waals surface area (Å²) in [6.45, 7) is 0. The first-order valence-corrected chi connectivity index (χ1v) is 6.15. The van der Waals surface area contributed by atoms with Gasteiger partial charge in [-0.2, -0.15) is 10.5 Å². The summed E-state index contributed by atoms with van der Waals surface area (Å²) in [6.07, 6.45) is 4.04. The number of benzene rings is 2. The van der Waals surface area contributed by atoms with E-state index >= 15 is 0 Å². The molecular formula is C16H12N2O3. The Hall–Kier alpha value is -2.78. The van der Waals surface area contributed by atoms with Crippen LogP contribution in [0.25, 0.3) is 12.2 Å². The van der Waals surface area contributed by atoms with Gasteiger partial charge in [0.2, 0.25) is 0 Å². The molecular weight excluding hydrogens is 268 g/mol. The minimum absolute atomic E-state index is 0.0499. The third kappa shape index (κ3) is 3.41. The van der Waals surface area contributed by atoms with Gasteiger partial charge in [-0.05, 0) is 23.8 Å². The lowest BCUT2D eigenvalue weighted by Crippen LogP contribution is -2.99. The number of rotatable bonds is 4. The number of hydrogen-bond donors (Lipinski definition) is 2. The van der Waals surface area contributed by atoms with Crippen molar-refractivity contribution in [1.29, 1.82) is 5.26 Å². The fourth-order valence-corrected chi connectivity index (χ4v) is 1.91. The van der Waals surface area contributed by atoms with E-state index in [-0.39, 0.29) is 11.3 Å². The summed E-state index contributed by atoms with van der Waals surface area (Å²) >= 11 is 0. The van der Waals surface area contributed by atoms with E-state index in [1.165, 1.54) is 6.07 Å². The van der Waals surface area contributed by atoms with Crippen molar-refractivity contribution in [3.05, 3.63) is 69.9 Å². The highest BCUT2D eigenvalue weighted by Crippen LogP contribution is 2.18. The van der Waals surface area contributed by atoms with Crippen LogP contribution in [-0.4, -0.2) is 11.5 Å². The summed E-state index contributed by atoms with van der Waals surface area (Å²) in [5, 5.41) is 28.1. The number of nitrogens with one attached hydrogen (secondary N) is 1. The van der Waals surface area contributed by atoms with Crippen LogP contribution in [-0.2, 0) is 0 Å². The molecule has 0 fully saturated rings. The fraction of sp³-hybridized carbons (Fsp3) is 0. The second-order valence-electron chi connectivity index (χ2n) is 4.30. The third-order valence-electron chi connectivity index (χ3n) is 2.98. The topological polar surface area (TPSA) is 88.6 Å². The van der Waals surface area contributed by atoms with Gasteiger partial charge in [-0.15, -0.1) is 0 Å². The summed E-state index contributed by atoms with van der Waals surface area (Å²) < 4.78 is 0. The van der Waals surface area contributed by atoms with Crippen LogP contribution < -0.4 is 5.23 Å². The largest absolute Gasteiger partial charge is 0.595 e. The highest BCUT2D eigenvalue weighted by Gasteiger charge is 2.08. The van der Waals surface area contributed by atoms with Crippen LogP contribution >= 0.6 is 0 Å². The Labute approximate surface area is 121 Å². The van der Waals surface area contributed by atoms with Crippen molar-refractivity contribution < 1.29 is 15.2 Å². The lowest BCUT2D eigenvalue weighted by Gasteiger charge is -2.14. The van der Waals surface area contributed by atoms with Gasteiger partial charge in [0.15, 0.2) is 12.0 Å². The van der Waals surface area contributed by atoms with E-state index in [1.807, 2.05) is 6.07 Å². The number of aldehydes is 1. The molecule has 0 aromatic heterocycles. The summed E-state index contributed by atoms with van der Waals surface area (Å²) in [5.74, 6) is 0. The summed E-state index contributed by atoms with van der Waals surface area (Å²) in [7, 11) is 0. The number of carbonyl (C=O) groups excluding carboxylic acids is 1. The Kier molecular flexibility index (Phi) is 4.59. The maximum Gasteiger partial charge on any atom is 0.172 e. The van der Waals surface area contributed by atoms with Crippen LogP contribution in [0.5, 0.6) is 0 Å². The molecule has 0 bridgehead atoms. The van der Waals surface area contributed by atoms with Crippen molar-refractivity contribution in [3.63, 3.8) is 0 Å². The van der Waals surface area contributed by atoms with E-state index in [4.69, 9.17) is 5.26 Å². The van der Waals surface area contributed by atoms with Crippen LogP contribution in [0, 0.1) is 16.5 Å². The van der Waals surface area contributed by atoms with E-state index in [2.05, 4.69) is 0 Å². The van der Waals surface area contributed by atoms with Crippen LogP contribution in [0.15, 0.2) is 42.5 Å². The Morgan fingerprint density at radius 2 is 1.76 bits per heavy atom. The van der Waals surface area contributed by atoms with Gasteiger partial charge >= 0.3 is 0 Å². The van der Waals surface area contributed by atoms with Crippen LogP contribution in [0.3, 0.4) is 0 Å². The molecule has 1 atom stereocenters. The van der Waals surface area contributed by atoms with E-state index in [0.717, 1.165) is 6.29 Å². The van der Waals surface area contributed by atoms with Gasteiger partial charge < -0.3 is 5.21 Å². The zero-order chi connectivity index (χ0) is 15.2. The first-order chi connectivity index (χ1) is 10.2. The Bertz CT molecular complexity index is 731. The molecule has 104 valence electrons. The molecule has 5 nitrogen and oxygen atoms in total. The zero-order valence-electron chi connectivity index (χ0n) is 11.0. The molecule has 0 amide bonds. The number of nitrogens with zero attached hydrogens (tertiary/aromatic N) is 1. The van der Waals surface area contributed by atoms with Gasteiger partial charge in [0.05, 0.1) is 11.6 Å². The van der Waals surface area contributed by atoms with E-state index in [9.17, 15) is 15.2 Å². The van der Waals surface area contributed by atoms with E-state index in [1.54, 1.807) is 48.6 Å². The Morgan fingerprint density at radius 3 is 2.38 bits per heavy atom. The van der Waals surface area contributed by atoms with Crippen molar-refractivity contribution in [2.45, 2.75) is 0 Å². The molecule has 0 aliphatic carbocycles. The minimum Gasteiger partial charge on any atom is -0.595 e. The quantitative estimate of drug-likeness (QED) is 0.509. The molecule has 0 heterocycles. The molecule has 0 saturated carbocycles. The summed E-state index contributed by atoms with van der Waals surface area (Å²) in [4.78, 5) is 10.9. The lowest BCUT2D eigenvalue weighted by atomic mass is 10.0. The van der Waals surface area contributed by atoms with E-state index in [0.29, 0.717) is 16.7 Å².